The Morgan fingerprint density at radius 3 is 2.00 bits per heavy atom. The van der Waals surface area contributed by atoms with Crippen molar-refractivity contribution in [3.63, 3.8) is 0 Å². The van der Waals surface area contributed by atoms with Crippen LogP contribution in [0.5, 0.6) is 0 Å². The number of hydrogen-bond donors (Lipinski definition) is 1. The van der Waals surface area contributed by atoms with Crippen LogP contribution in [0.1, 0.15) is 40.5 Å². The van der Waals surface area contributed by atoms with E-state index in [-0.39, 0.29) is 0 Å². The Bertz CT molecular complexity index is 148. The predicted molar refractivity (Wildman–Crippen MR) is 67.2 cm³/mol. The molecule has 0 aliphatic heterocycles. The van der Waals surface area contributed by atoms with Gasteiger partial charge in [0.05, 0.1) is 0 Å². The molecule has 92 valence electrons. The molecule has 0 aliphatic carbocycles. The van der Waals surface area contributed by atoms with Crippen molar-refractivity contribution in [3.05, 3.63) is 0 Å². The second kappa shape index (κ2) is 8.79. The Kier molecular flexibility index (Phi) is 9.19. The molecule has 15 heavy (non-hydrogen) atoms. The molecule has 0 fully saturated rings. The summed E-state index contributed by atoms with van der Waals surface area (Å²) in [4.78, 5) is 0. The van der Waals surface area contributed by atoms with E-state index in [9.17, 15) is 0 Å². The van der Waals surface area contributed by atoms with E-state index in [2.05, 4.69) is 27.7 Å². The van der Waals surface area contributed by atoms with Gasteiger partial charge in [0.25, 0.3) is 0 Å². The van der Waals surface area contributed by atoms with E-state index in [4.69, 9.17) is 11.9 Å². The Labute approximate surface area is 99.7 Å². The van der Waals surface area contributed by atoms with Crippen molar-refractivity contribution in [2.24, 2.45) is 5.73 Å². The third-order valence-corrected chi connectivity index (χ3v) is 13.5. The minimum atomic E-state index is -2.67. The van der Waals surface area contributed by atoms with E-state index in [1.54, 1.807) is 0 Å². The van der Waals surface area contributed by atoms with Gasteiger partial charge in [-0.3, -0.25) is 0 Å². The fourth-order valence-corrected chi connectivity index (χ4v) is 10.1. The maximum absolute atomic E-state index is 5.95. The summed E-state index contributed by atoms with van der Waals surface area (Å²) in [5, 5.41) is 0. The van der Waals surface area contributed by atoms with Crippen LogP contribution in [0.15, 0.2) is 0 Å². The molecule has 0 rings (SSSR count). The average Bonchev–Trinajstić information content (AvgIpc) is 2.17. The van der Waals surface area contributed by atoms with Crippen LogP contribution < -0.4 is 5.73 Å². The van der Waals surface area contributed by atoms with Crippen molar-refractivity contribution in [1.29, 1.82) is 0 Å². The molecule has 0 spiro atoms. The molecule has 1 unspecified atom stereocenters. The fraction of sp³-hybridized carbons (Fsp3) is 1.00. The normalized spacial score (nSPS) is 14.2. The van der Waals surface area contributed by atoms with Crippen LogP contribution in [-0.2, 0) is 6.15 Å². The molecule has 3 nitrogen and oxygen atoms in total. The summed E-state index contributed by atoms with van der Waals surface area (Å²) in [6.07, 6.45) is 2.24. The summed E-state index contributed by atoms with van der Waals surface area (Å²) >= 11 is -2.67. The first-order valence-electron chi connectivity index (χ1n) is 6.13. The Balaban J connectivity index is 4.08. The van der Waals surface area contributed by atoms with Crippen molar-refractivity contribution in [1.82, 2.24) is 0 Å². The van der Waals surface area contributed by atoms with Crippen LogP contribution in [0, 0.1) is 0 Å². The molecular formula is C11H27NO2Sn. The van der Waals surface area contributed by atoms with Crippen molar-refractivity contribution in [2.75, 3.05) is 13.2 Å². The predicted octanol–water partition coefficient (Wildman–Crippen LogP) is 2.65. The molecule has 0 radical (unpaired) electrons. The van der Waals surface area contributed by atoms with Crippen molar-refractivity contribution in [3.8, 4) is 0 Å². The van der Waals surface area contributed by atoms with Gasteiger partial charge in [0.2, 0.25) is 0 Å². The maximum atomic E-state index is 5.95. The second-order valence-electron chi connectivity index (χ2n) is 4.00. The number of hydrogen-bond acceptors (Lipinski definition) is 3. The van der Waals surface area contributed by atoms with Gasteiger partial charge in [-0.25, -0.2) is 0 Å². The average molecular weight is 324 g/mol. The van der Waals surface area contributed by atoms with Gasteiger partial charge >= 0.3 is 99.8 Å². The topological polar surface area (TPSA) is 44.5 Å². The second-order valence-corrected chi connectivity index (χ2v) is 14.3. The Hall–Kier alpha value is 0.679. The Morgan fingerprint density at radius 1 is 1.13 bits per heavy atom. The Morgan fingerprint density at radius 2 is 1.67 bits per heavy atom. The molecule has 4 heteroatoms. The van der Waals surface area contributed by atoms with E-state index in [0.29, 0.717) is 6.04 Å². The van der Waals surface area contributed by atoms with Gasteiger partial charge in [0.1, 0.15) is 0 Å². The van der Waals surface area contributed by atoms with E-state index in [1.165, 1.54) is 0 Å². The zero-order valence-electron chi connectivity index (χ0n) is 10.7. The van der Waals surface area contributed by atoms with E-state index in [0.717, 1.165) is 34.9 Å². The van der Waals surface area contributed by atoms with E-state index in [1.807, 2.05) is 0 Å². The zero-order chi connectivity index (χ0) is 11.7. The summed E-state index contributed by atoms with van der Waals surface area (Å²) in [5.74, 6) is 0. The first-order valence-corrected chi connectivity index (χ1v) is 12.5. The summed E-state index contributed by atoms with van der Waals surface area (Å²) < 4.78 is 14.1. The minimum absolute atomic E-state index is 0.300. The molecular weight excluding hydrogens is 297 g/mol. The molecule has 0 saturated carbocycles. The van der Waals surface area contributed by atoms with Crippen molar-refractivity contribution >= 4 is 19.2 Å². The molecule has 0 amide bonds. The molecule has 0 aromatic carbocycles. The standard InChI is InChI=1S/C5H12N.2C2H5O.C2H5.Sn/c1-3-4-5(2)6;2*1-2-3;1-2;/h5H,1,3-4,6H2,2H3;2*2H2,1H3;1H2,2H3;/q;2*-1;;+2. The molecule has 0 aromatic rings. The van der Waals surface area contributed by atoms with Gasteiger partial charge in [0, 0.05) is 0 Å². The van der Waals surface area contributed by atoms with E-state index < -0.39 is 19.2 Å². The molecule has 2 N–H and O–H groups in total. The summed E-state index contributed by atoms with van der Waals surface area (Å²) in [7, 11) is 0. The van der Waals surface area contributed by atoms with Crippen LogP contribution in [0.3, 0.4) is 0 Å². The molecule has 0 heterocycles. The molecule has 0 aromatic heterocycles. The fourth-order valence-electron chi connectivity index (χ4n) is 1.79. The van der Waals surface area contributed by atoms with Gasteiger partial charge in [-0.1, -0.05) is 0 Å². The van der Waals surface area contributed by atoms with Crippen LogP contribution in [0.25, 0.3) is 0 Å². The van der Waals surface area contributed by atoms with Gasteiger partial charge in [-0.05, 0) is 0 Å². The van der Waals surface area contributed by atoms with E-state index >= 15 is 0 Å². The molecule has 1 atom stereocenters. The number of nitrogens with two attached hydrogens (primary N) is 1. The van der Waals surface area contributed by atoms with Crippen LogP contribution >= 0.6 is 0 Å². The monoisotopic (exact) mass is 325 g/mol. The van der Waals surface area contributed by atoms with Crippen LogP contribution in [-0.4, -0.2) is 38.5 Å². The quantitative estimate of drug-likeness (QED) is 0.663. The van der Waals surface area contributed by atoms with Crippen LogP contribution in [0.4, 0.5) is 0 Å². The third-order valence-electron chi connectivity index (χ3n) is 2.57. The summed E-state index contributed by atoms with van der Waals surface area (Å²) in [6, 6.07) is 0.300. The third kappa shape index (κ3) is 6.76. The van der Waals surface area contributed by atoms with Gasteiger partial charge in [-0.15, -0.1) is 0 Å². The first-order chi connectivity index (χ1) is 7.10. The first kappa shape index (κ1) is 15.7. The molecule has 0 bridgehead atoms. The number of rotatable bonds is 9. The zero-order valence-corrected chi connectivity index (χ0v) is 13.6. The summed E-state index contributed by atoms with van der Waals surface area (Å²) in [6.45, 7) is 9.97. The summed E-state index contributed by atoms with van der Waals surface area (Å²) in [5.41, 5.74) is 5.75. The van der Waals surface area contributed by atoms with Crippen LogP contribution in [0.2, 0.25) is 8.87 Å². The van der Waals surface area contributed by atoms with Gasteiger partial charge < -0.3 is 0 Å². The van der Waals surface area contributed by atoms with Gasteiger partial charge in [-0.2, -0.15) is 0 Å². The van der Waals surface area contributed by atoms with Crippen molar-refractivity contribution < 1.29 is 6.15 Å². The van der Waals surface area contributed by atoms with Crippen molar-refractivity contribution in [2.45, 2.75) is 55.5 Å². The van der Waals surface area contributed by atoms with Gasteiger partial charge in [0.15, 0.2) is 0 Å². The SMILES string of the molecule is CC[O][Sn]([CH2]C)([CH2]CCC(C)N)[O]CC. The molecule has 0 aliphatic rings. The molecule has 0 saturated heterocycles.